The van der Waals surface area contributed by atoms with E-state index in [-0.39, 0.29) is 16.6 Å². The van der Waals surface area contributed by atoms with Gasteiger partial charge in [0.2, 0.25) is 10.0 Å². The summed E-state index contributed by atoms with van der Waals surface area (Å²) < 4.78 is 32.2. The lowest BCUT2D eigenvalue weighted by molar-refractivity contribution is 0.0875. The number of Topliss-reactive ketones (excluding diaryl/α,β-unsaturated/α-hetero) is 1. The Morgan fingerprint density at radius 3 is 2.19 bits per heavy atom. The minimum atomic E-state index is -3.55. The molecule has 144 valence electrons. The number of ether oxygens (including phenoxy) is 1. The maximum Gasteiger partial charge on any atom is 0.243 e. The highest BCUT2D eigenvalue weighted by Crippen LogP contribution is 2.27. The van der Waals surface area contributed by atoms with Crippen LogP contribution in [0, 0.1) is 19.8 Å². The van der Waals surface area contributed by atoms with Crippen LogP contribution in [0.3, 0.4) is 0 Å². The Kier molecular flexibility index (Phi) is 5.67. The molecule has 0 spiro atoms. The van der Waals surface area contributed by atoms with Gasteiger partial charge in [-0.25, -0.2) is 8.42 Å². The van der Waals surface area contributed by atoms with Gasteiger partial charge in [0.05, 0.1) is 12.0 Å². The highest BCUT2D eigenvalue weighted by molar-refractivity contribution is 7.89. The summed E-state index contributed by atoms with van der Waals surface area (Å²) in [5.41, 5.74) is 2.97. The van der Waals surface area contributed by atoms with Crippen molar-refractivity contribution in [3.63, 3.8) is 0 Å². The molecule has 2 aromatic carbocycles. The Balaban J connectivity index is 1.68. The zero-order chi connectivity index (χ0) is 19.6. The summed E-state index contributed by atoms with van der Waals surface area (Å²) in [6.07, 6.45) is 1.09. The van der Waals surface area contributed by atoms with E-state index >= 15 is 0 Å². The second-order valence-electron chi connectivity index (χ2n) is 7.02. The van der Waals surface area contributed by atoms with Crippen molar-refractivity contribution in [2.24, 2.45) is 5.92 Å². The fourth-order valence-electron chi connectivity index (χ4n) is 3.39. The number of hydrogen-bond acceptors (Lipinski definition) is 4. The third-order valence-electron chi connectivity index (χ3n) is 5.31. The fourth-order valence-corrected chi connectivity index (χ4v) is 4.86. The molecular weight excluding hydrogens is 362 g/mol. The first-order valence-corrected chi connectivity index (χ1v) is 10.5. The lowest BCUT2D eigenvalue weighted by atomic mass is 9.88. The molecule has 0 unspecified atom stereocenters. The lowest BCUT2D eigenvalue weighted by Gasteiger charge is -2.30. The molecule has 1 fully saturated rings. The van der Waals surface area contributed by atoms with Gasteiger partial charge in [0.25, 0.3) is 0 Å². The normalized spacial score (nSPS) is 16.3. The number of carbonyl (C=O) groups is 1. The Labute approximate surface area is 161 Å². The Morgan fingerprint density at radius 2 is 1.63 bits per heavy atom. The molecule has 0 aromatic heterocycles. The average molecular weight is 388 g/mol. The first-order valence-electron chi connectivity index (χ1n) is 9.08. The second-order valence-corrected chi connectivity index (χ2v) is 8.96. The van der Waals surface area contributed by atoms with Crippen LogP contribution in [0.2, 0.25) is 0 Å². The first-order chi connectivity index (χ1) is 12.8. The molecule has 3 rings (SSSR count). The van der Waals surface area contributed by atoms with Gasteiger partial charge in [0.1, 0.15) is 5.75 Å². The third-order valence-corrected chi connectivity index (χ3v) is 7.23. The molecule has 1 saturated heterocycles. The Bertz CT molecular complexity index is 927. The molecular formula is C21H25NO4S. The molecule has 0 aliphatic carbocycles. The second kappa shape index (κ2) is 7.82. The highest BCUT2D eigenvalue weighted by Gasteiger charge is 2.32. The first kappa shape index (κ1) is 19.6. The van der Waals surface area contributed by atoms with Gasteiger partial charge in [-0.1, -0.05) is 12.1 Å². The van der Waals surface area contributed by atoms with E-state index in [1.54, 1.807) is 31.4 Å². The van der Waals surface area contributed by atoms with Crippen LogP contribution in [-0.2, 0) is 10.0 Å². The van der Waals surface area contributed by atoms with Gasteiger partial charge in [-0.05, 0) is 68.1 Å². The van der Waals surface area contributed by atoms with E-state index in [0.717, 1.165) is 16.7 Å². The number of carbonyl (C=O) groups excluding carboxylic acids is 1. The van der Waals surface area contributed by atoms with E-state index in [1.807, 2.05) is 32.0 Å². The zero-order valence-corrected chi connectivity index (χ0v) is 16.8. The Hall–Kier alpha value is -2.18. The third kappa shape index (κ3) is 4.06. The lowest BCUT2D eigenvalue weighted by Crippen LogP contribution is -2.40. The summed E-state index contributed by atoms with van der Waals surface area (Å²) in [5.74, 6) is 0.598. The van der Waals surface area contributed by atoms with Crippen molar-refractivity contribution < 1.29 is 17.9 Å². The molecule has 0 radical (unpaired) electrons. The number of hydrogen-bond donors (Lipinski definition) is 0. The van der Waals surface area contributed by atoms with Crippen LogP contribution in [0.1, 0.15) is 34.3 Å². The van der Waals surface area contributed by atoms with E-state index in [9.17, 15) is 13.2 Å². The molecule has 2 aromatic rings. The summed E-state index contributed by atoms with van der Waals surface area (Å²) in [6.45, 7) is 4.73. The number of sulfonamides is 1. The number of rotatable bonds is 5. The van der Waals surface area contributed by atoms with Gasteiger partial charge in [0.15, 0.2) is 5.78 Å². The molecule has 1 aliphatic rings. The van der Waals surface area contributed by atoms with Crippen LogP contribution in [-0.4, -0.2) is 38.7 Å². The molecule has 0 atom stereocenters. The van der Waals surface area contributed by atoms with Crippen LogP contribution < -0.4 is 4.74 Å². The van der Waals surface area contributed by atoms with E-state index in [1.165, 1.54) is 4.31 Å². The summed E-state index contributed by atoms with van der Waals surface area (Å²) >= 11 is 0. The number of methoxy groups -OCH3 is 1. The van der Waals surface area contributed by atoms with Gasteiger partial charge < -0.3 is 4.74 Å². The molecule has 27 heavy (non-hydrogen) atoms. The van der Waals surface area contributed by atoms with Crippen molar-refractivity contribution in [1.29, 1.82) is 0 Å². The van der Waals surface area contributed by atoms with Crippen molar-refractivity contribution in [2.45, 2.75) is 31.6 Å². The number of nitrogens with zero attached hydrogens (tertiary/aromatic N) is 1. The highest BCUT2D eigenvalue weighted by atomic mass is 32.2. The monoisotopic (exact) mass is 387 g/mol. The minimum Gasteiger partial charge on any atom is -0.497 e. The largest absolute Gasteiger partial charge is 0.497 e. The Morgan fingerprint density at radius 1 is 1.00 bits per heavy atom. The van der Waals surface area contributed by atoms with E-state index in [0.29, 0.717) is 31.7 Å². The molecule has 0 bridgehead atoms. The maximum atomic E-state index is 12.8. The molecule has 0 N–H and O–H groups in total. The predicted octanol–water partition coefficient (Wildman–Crippen LogP) is 3.60. The summed E-state index contributed by atoms with van der Waals surface area (Å²) in [6, 6.07) is 12.2. The average Bonchev–Trinajstić information content (AvgIpc) is 2.69. The maximum absolute atomic E-state index is 12.8. The topological polar surface area (TPSA) is 63.7 Å². The molecule has 5 nitrogen and oxygen atoms in total. The van der Waals surface area contributed by atoms with Crippen molar-refractivity contribution in [2.75, 3.05) is 20.2 Å². The van der Waals surface area contributed by atoms with Gasteiger partial charge in [0, 0.05) is 24.6 Å². The van der Waals surface area contributed by atoms with Crippen LogP contribution in [0.25, 0.3) is 0 Å². The molecule has 0 saturated carbocycles. The summed E-state index contributed by atoms with van der Waals surface area (Å²) in [7, 11) is -2.00. The van der Waals surface area contributed by atoms with Crippen LogP contribution >= 0.6 is 0 Å². The van der Waals surface area contributed by atoms with Crippen molar-refractivity contribution >= 4 is 15.8 Å². The van der Waals surface area contributed by atoms with Crippen LogP contribution in [0.4, 0.5) is 0 Å². The van der Waals surface area contributed by atoms with Gasteiger partial charge in [-0.2, -0.15) is 4.31 Å². The predicted molar refractivity (Wildman–Crippen MR) is 105 cm³/mol. The van der Waals surface area contributed by atoms with Crippen molar-refractivity contribution in [1.82, 2.24) is 4.31 Å². The van der Waals surface area contributed by atoms with Crippen LogP contribution in [0.15, 0.2) is 47.4 Å². The molecule has 6 heteroatoms. The van der Waals surface area contributed by atoms with Gasteiger partial charge in [-0.3, -0.25) is 4.79 Å². The van der Waals surface area contributed by atoms with Crippen LogP contribution in [0.5, 0.6) is 5.75 Å². The molecule has 0 amide bonds. The SMILES string of the molecule is COc1ccc(S(=O)(=O)N2CCC(C(=O)c3ccc(C)c(C)c3)CC2)cc1. The van der Waals surface area contributed by atoms with E-state index in [2.05, 4.69) is 0 Å². The number of benzene rings is 2. The van der Waals surface area contributed by atoms with Crippen molar-refractivity contribution in [3.8, 4) is 5.75 Å². The number of ketones is 1. The number of aryl methyl sites for hydroxylation is 2. The molecule has 1 heterocycles. The summed E-state index contributed by atoms with van der Waals surface area (Å²) in [5, 5.41) is 0. The fraction of sp³-hybridized carbons (Fsp3) is 0.381. The standard InChI is InChI=1S/C21H25NO4S/c1-15-4-5-18(14-16(15)2)21(23)17-10-12-22(13-11-17)27(24,25)20-8-6-19(26-3)7-9-20/h4-9,14,17H,10-13H2,1-3H3. The minimum absolute atomic E-state index is 0.111. The zero-order valence-electron chi connectivity index (χ0n) is 15.9. The summed E-state index contributed by atoms with van der Waals surface area (Å²) in [4.78, 5) is 13.0. The van der Waals surface area contributed by atoms with Gasteiger partial charge in [-0.15, -0.1) is 0 Å². The van der Waals surface area contributed by atoms with Crippen molar-refractivity contribution in [3.05, 3.63) is 59.2 Å². The number of piperidine rings is 1. The smallest absolute Gasteiger partial charge is 0.243 e. The van der Waals surface area contributed by atoms with E-state index < -0.39 is 10.0 Å². The van der Waals surface area contributed by atoms with Gasteiger partial charge >= 0.3 is 0 Å². The molecule has 1 aliphatic heterocycles. The van der Waals surface area contributed by atoms with E-state index in [4.69, 9.17) is 4.74 Å². The quantitative estimate of drug-likeness (QED) is 0.736.